The molecule has 0 aliphatic carbocycles. The summed E-state index contributed by atoms with van der Waals surface area (Å²) in [6.07, 6.45) is 0. The van der Waals surface area contributed by atoms with Crippen LogP contribution >= 0.6 is 0 Å². The lowest BCUT2D eigenvalue weighted by molar-refractivity contribution is 0.128. The fourth-order valence-electron chi connectivity index (χ4n) is 2.65. The van der Waals surface area contributed by atoms with Gasteiger partial charge in [0.2, 0.25) is 0 Å². The Bertz CT molecular complexity index is 389. The molecule has 1 fully saturated rings. The highest BCUT2D eigenvalue weighted by atomic mass is 19.1. The van der Waals surface area contributed by atoms with E-state index in [-0.39, 0.29) is 11.9 Å². The Morgan fingerprint density at radius 2 is 1.79 bits per heavy atom. The number of benzene rings is 1. The number of nitrogens with one attached hydrogen (secondary N) is 1. The smallest absolute Gasteiger partial charge is 0.128 e. The van der Waals surface area contributed by atoms with Crippen LogP contribution in [0.4, 0.5) is 4.39 Å². The highest BCUT2D eigenvalue weighted by Gasteiger charge is 2.20. The molecule has 1 aliphatic heterocycles. The van der Waals surface area contributed by atoms with Gasteiger partial charge in [-0.1, -0.05) is 25.1 Å². The SMILES string of the molecule is CCN1CCN(CC(NC)c2ccccc2F)CC1. The van der Waals surface area contributed by atoms with Crippen LogP contribution in [0.5, 0.6) is 0 Å². The van der Waals surface area contributed by atoms with Crippen LogP contribution in [0.1, 0.15) is 18.5 Å². The number of halogens is 1. The molecule has 0 aromatic heterocycles. The molecule has 0 radical (unpaired) electrons. The lowest BCUT2D eigenvalue weighted by Crippen LogP contribution is -2.48. The second-order valence-electron chi connectivity index (χ2n) is 5.10. The van der Waals surface area contributed by atoms with Gasteiger partial charge in [-0.25, -0.2) is 4.39 Å². The second kappa shape index (κ2) is 6.98. The van der Waals surface area contributed by atoms with E-state index in [1.54, 1.807) is 6.07 Å². The Labute approximate surface area is 115 Å². The predicted octanol–water partition coefficient (Wildman–Crippen LogP) is 1.72. The Morgan fingerprint density at radius 3 is 2.37 bits per heavy atom. The summed E-state index contributed by atoms with van der Waals surface area (Å²) in [5.74, 6) is -0.117. The van der Waals surface area contributed by atoms with Gasteiger partial charge >= 0.3 is 0 Å². The highest BCUT2D eigenvalue weighted by molar-refractivity contribution is 5.21. The summed E-state index contributed by atoms with van der Waals surface area (Å²) < 4.78 is 13.8. The highest BCUT2D eigenvalue weighted by Crippen LogP contribution is 2.18. The van der Waals surface area contributed by atoms with Crippen molar-refractivity contribution in [2.24, 2.45) is 0 Å². The van der Waals surface area contributed by atoms with Crippen LogP contribution in [0.3, 0.4) is 0 Å². The molecule has 2 rings (SSSR count). The number of piperazine rings is 1. The normalized spacial score (nSPS) is 19.5. The van der Waals surface area contributed by atoms with Crippen molar-refractivity contribution in [2.45, 2.75) is 13.0 Å². The van der Waals surface area contributed by atoms with Crippen molar-refractivity contribution in [3.63, 3.8) is 0 Å². The van der Waals surface area contributed by atoms with Crippen molar-refractivity contribution < 1.29 is 4.39 Å². The molecule has 1 aromatic carbocycles. The first kappa shape index (κ1) is 14.4. The number of likely N-dealkylation sites (N-methyl/N-ethyl adjacent to an activating group) is 2. The maximum absolute atomic E-state index is 13.8. The van der Waals surface area contributed by atoms with Crippen LogP contribution in [0.15, 0.2) is 24.3 Å². The van der Waals surface area contributed by atoms with E-state index in [0.717, 1.165) is 44.8 Å². The molecule has 1 aliphatic rings. The summed E-state index contributed by atoms with van der Waals surface area (Å²) in [5, 5.41) is 3.24. The Kier molecular flexibility index (Phi) is 5.31. The second-order valence-corrected chi connectivity index (χ2v) is 5.10. The Morgan fingerprint density at radius 1 is 1.16 bits per heavy atom. The van der Waals surface area contributed by atoms with Gasteiger partial charge in [0.05, 0.1) is 0 Å². The first-order valence-electron chi connectivity index (χ1n) is 7.11. The third kappa shape index (κ3) is 3.75. The van der Waals surface area contributed by atoms with E-state index in [1.807, 2.05) is 19.2 Å². The zero-order chi connectivity index (χ0) is 13.7. The molecule has 0 saturated carbocycles. The minimum Gasteiger partial charge on any atom is -0.312 e. The molecule has 1 saturated heterocycles. The van der Waals surface area contributed by atoms with E-state index in [4.69, 9.17) is 0 Å². The molecular formula is C15H24FN3. The van der Waals surface area contributed by atoms with Crippen molar-refractivity contribution in [3.05, 3.63) is 35.6 Å². The molecule has 19 heavy (non-hydrogen) atoms. The Hall–Kier alpha value is -0.970. The van der Waals surface area contributed by atoms with Gasteiger partial charge in [-0.3, -0.25) is 4.90 Å². The summed E-state index contributed by atoms with van der Waals surface area (Å²) >= 11 is 0. The van der Waals surface area contributed by atoms with Crippen LogP contribution < -0.4 is 5.32 Å². The van der Waals surface area contributed by atoms with Gasteiger partial charge in [0, 0.05) is 44.3 Å². The van der Waals surface area contributed by atoms with Gasteiger partial charge in [-0.2, -0.15) is 0 Å². The van der Waals surface area contributed by atoms with Crippen molar-refractivity contribution in [1.29, 1.82) is 0 Å². The first-order chi connectivity index (χ1) is 9.24. The average molecular weight is 265 g/mol. The monoisotopic (exact) mass is 265 g/mol. The van der Waals surface area contributed by atoms with Crippen LogP contribution in [0.25, 0.3) is 0 Å². The van der Waals surface area contributed by atoms with Crippen molar-refractivity contribution >= 4 is 0 Å². The fourth-order valence-corrected chi connectivity index (χ4v) is 2.65. The topological polar surface area (TPSA) is 18.5 Å². The molecule has 0 bridgehead atoms. The van der Waals surface area contributed by atoms with E-state index >= 15 is 0 Å². The van der Waals surface area contributed by atoms with Gasteiger partial charge in [0.25, 0.3) is 0 Å². The van der Waals surface area contributed by atoms with E-state index < -0.39 is 0 Å². The van der Waals surface area contributed by atoms with E-state index in [0.29, 0.717) is 0 Å². The third-order valence-corrected chi connectivity index (χ3v) is 3.98. The summed E-state index contributed by atoms with van der Waals surface area (Å²) in [6.45, 7) is 8.56. The van der Waals surface area contributed by atoms with E-state index in [2.05, 4.69) is 22.0 Å². The molecular weight excluding hydrogens is 241 g/mol. The minimum absolute atomic E-state index is 0.0642. The maximum Gasteiger partial charge on any atom is 0.128 e. The molecule has 1 unspecified atom stereocenters. The summed E-state index contributed by atoms with van der Waals surface area (Å²) in [6, 6.07) is 7.12. The molecule has 4 heteroatoms. The molecule has 1 atom stereocenters. The van der Waals surface area contributed by atoms with Gasteiger partial charge in [-0.05, 0) is 19.7 Å². The summed E-state index contributed by atoms with van der Waals surface area (Å²) in [7, 11) is 1.90. The summed E-state index contributed by atoms with van der Waals surface area (Å²) in [4.78, 5) is 4.87. The van der Waals surface area contributed by atoms with Crippen molar-refractivity contribution in [1.82, 2.24) is 15.1 Å². The predicted molar refractivity (Wildman–Crippen MR) is 76.8 cm³/mol. The van der Waals surface area contributed by atoms with Gasteiger partial charge in [0.1, 0.15) is 5.82 Å². The van der Waals surface area contributed by atoms with Crippen molar-refractivity contribution in [2.75, 3.05) is 46.3 Å². The molecule has 3 nitrogen and oxygen atoms in total. The van der Waals surface area contributed by atoms with Crippen LogP contribution in [-0.2, 0) is 0 Å². The largest absolute Gasteiger partial charge is 0.312 e. The zero-order valence-electron chi connectivity index (χ0n) is 11.9. The average Bonchev–Trinajstić information content (AvgIpc) is 2.46. The molecule has 0 spiro atoms. The lowest BCUT2D eigenvalue weighted by Gasteiger charge is -2.36. The Balaban J connectivity index is 1.95. The minimum atomic E-state index is -0.117. The quantitative estimate of drug-likeness (QED) is 0.874. The van der Waals surface area contributed by atoms with Crippen LogP contribution in [0, 0.1) is 5.82 Å². The van der Waals surface area contributed by atoms with Gasteiger partial charge in [-0.15, -0.1) is 0 Å². The summed E-state index contributed by atoms with van der Waals surface area (Å²) in [5.41, 5.74) is 0.767. The van der Waals surface area contributed by atoms with Crippen LogP contribution in [-0.4, -0.2) is 56.1 Å². The zero-order valence-corrected chi connectivity index (χ0v) is 11.9. The number of hydrogen-bond acceptors (Lipinski definition) is 3. The van der Waals surface area contributed by atoms with Crippen molar-refractivity contribution in [3.8, 4) is 0 Å². The van der Waals surface area contributed by atoms with Gasteiger partial charge < -0.3 is 10.2 Å². The van der Waals surface area contributed by atoms with Crippen LogP contribution in [0.2, 0.25) is 0 Å². The standard InChI is InChI=1S/C15H24FN3/c1-3-18-8-10-19(11-9-18)12-15(17-2)13-6-4-5-7-14(13)16/h4-7,15,17H,3,8-12H2,1-2H3. The number of nitrogens with zero attached hydrogens (tertiary/aromatic N) is 2. The molecule has 1 aromatic rings. The van der Waals surface area contributed by atoms with E-state index in [9.17, 15) is 4.39 Å². The third-order valence-electron chi connectivity index (χ3n) is 3.98. The molecule has 0 amide bonds. The fraction of sp³-hybridized carbons (Fsp3) is 0.600. The number of rotatable bonds is 5. The molecule has 1 heterocycles. The van der Waals surface area contributed by atoms with E-state index in [1.165, 1.54) is 6.07 Å². The maximum atomic E-state index is 13.8. The first-order valence-corrected chi connectivity index (χ1v) is 7.11. The molecule has 106 valence electrons. The number of hydrogen-bond donors (Lipinski definition) is 1. The van der Waals surface area contributed by atoms with Gasteiger partial charge in [0.15, 0.2) is 0 Å². The lowest BCUT2D eigenvalue weighted by atomic mass is 10.1. The molecule has 1 N–H and O–H groups in total.